The van der Waals surface area contributed by atoms with Crippen molar-refractivity contribution in [3.63, 3.8) is 0 Å². The molecule has 6 N–H and O–H groups in total. The maximum absolute atomic E-state index is 13.8. The van der Waals surface area contributed by atoms with Crippen LogP contribution in [-0.4, -0.2) is 70.7 Å². The van der Waals surface area contributed by atoms with Crippen molar-refractivity contribution >= 4 is 45.7 Å². The topological polar surface area (TPSA) is 252 Å². The third-order valence-electron chi connectivity index (χ3n) is 7.23. The zero-order chi connectivity index (χ0) is 33.3. The molecule has 1 amide bonds. The Balaban J connectivity index is 1.41. The Morgan fingerprint density at radius 1 is 1.04 bits per heavy atom. The van der Waals surface area contributed by atoms with Gasteiger partial charge in [0.15, 0.2) is 28.8 Å². The van der Waals surface area contributed by atoms with Crippen LogP contribution in [0.5, 0.6) is 23.0 Å². The number of phenols is 4. The van der Waals surface area contributed by atoms with Crippen LogP contribution < -0.4 is 10.7 Å². The Morgan fingerprint density at radius 3 is 2.52 bits per heavy atom. The highest BCUT2D eigenvalue weighted by molar-refractivity contribution is 6.30. The fourth-order valence-corrected chi connectivity index (χ4v) is 5.07. The molecule has 5 rings (SSSR count). The second kappa shape index (κ2) is 12.4. The van der Waals surface area contributed by atoms with Gasteiger partial charge in [-0.2, -0.15) is 0 Å². The summed E-state index contributed by atoms with van der Waals surface area (Å²) in [6.45, 7) is 0.907. The summed E-state index contributed by atoms with van der Waals surface area (Å²) < 4.78 is 11.9. The molecule has 16 heteroatoms. The number of benzene rings is 2. The molecule has 0 bridgehead atoms. The minimum Gasteiger partial charge on any atom is -0.504 e. The molecule has 4 aromatic rings. The van der Waals surface area contributed by atoms with Crippen LogP contribution in [0.15, 0.2) is 39.9 Å². The molecule has 0 aliphatic heterocycles. The number of phenolic OH excluding ortho intramolecular Hbond substituents is 4. The first kappa shape index (κ1) is 31.2. The van der Waals surface area contributed by atoms with Gasteiger partial charge in [0.25, 0.3) is 0 Å². The van der Waals surface area contributed by atoms with Gasteiger partial charge in [0.1, 0.15) is 36.3 Å². The lowest BCUT2D eigenvalue weighted by Crippen LogP contribution is -2.28. The number of carboxylic acid groups (broad SMARTS) is 1. The van der Waals surface area contributed by atoms with Crippen LogP contribution >= 0.6 is 0 Å². The van der Waals surface area contributed by atoms with E-state index >= 15 is 0 Å². The molecule has 0 radical (unpaired) electrons. The normalized spacial score (nSPS) is 12.7. The van der Waals surface area contributed by atoms with Gasteiger partial charge in [-0.3, -0.25) is 19.2 Å². The number of aromatic nitrogens is 3. The molecule has 1 aliphatic rings. The number of amides is 1. The van der Waals surface area contributed by atoms with Gasteiger partial charge >= 0.3 is 11.9 Å². The number of hydrogen-bond acceptors (Lipinski definition) is 13. The number of ketones is 1. The fourth-order valence-electron chi connectivity index (χ4n) is 5.07. The molecule has 0 saturated heterocycles. The molecule has 1 aliphatic carbocycles. The summed E-state index contributed by atoms with van der Waals surface area (Å²) in [5.74, 6) is -5.81. The van der Waals surface area contributed by atoms with E-state index in [-0.39, 0.29) is 60.3 Å². The van der Waals surface area contributed by atoms with E-state index in [9.17, 15) is 44.4 Å². The van der Waals surface area contributed by atoms with E-state index < -0.39 is 69.6 Å². The van der Waals surface area contributed by atoms with Crippen molar-refractivity contribution in [2.45, 2.75) is 39.3 Å². The molecule has 46 heavy (non-hydrogen) atoms. The van der Waals surface area contributed by atoms with Crippen LogP contribution in [-0.2, 0) is 38.7 Å². The van der Waals surface area contributed by atoms with E-state index in [2.05, 4.69) is 15.6 Å². The van der Waals surface area contributed by atoms with Gasteiger partial charge in [0, 0.05) is 31.0 Å². The number of nitrogens with zero attached hydrogens (tertiary/aromatic N) is 3. The molecule has 2 aromatic carbocycles. The number of allylic oxidation sites excluding steroid dienone is 2. The number of fused-ring (bicyclic) bond motifs is 2. The van der Waals surface area contributed by atoms with Crippen molar-refractivity contribution in [2.24, 2.45) is 0 Å². The minimum absolute atomic E-state index is 0.0670. The number of esters is 1. The van der Waals surface area contributed by atoms with Gasteiger partial charge in [-0.15, -0.1) is 5.10 Å². The summed E-state index contributed by atoms with van der Waals surface area (Å²) in [6, 6.07) is 3.43. The quantitative estimate of drug-likeness (QED) is 0.0823. The molecule has 0 atom stereocenters. The first-order chi connectivity index (χ1) is 21.8. The van der Waals surface area contributed by atoms with Gasteiger partial charge in [-0.1, -0.05) is 5.21 Å². The Hall–Kier alpha value is -6.19. The van der Waals surface area contributed by atoms with Crippen LogP contribution in [0.2, 0.25) is 0 Å². The maximum atomic E-state index is 13.8. The van der Waals surface area contributed by atoms with Gasteiger partial charge in [-0.25, -0.2) is 9.48 Å². The first-order valence-electron chi connectivity index (χ1n) is 13.7. The molecular formula is C30H26N4O12. The van der Waals surface area contributed by atoms with Crippen molar-refractivity contribution < 1.29 is 53.9 Å². The maximum Gasteiger partial charge on any atom is 0.343 e. The number of carbonyl (C=O) groups is 4. The average Bonchev–Trinajstić information content (AvgIpc) is 3.44. The number of nitrogens with one attached hydrogen (secondary N) is 1. The SMILES string of the molecule is CC1=C(c2coc3cc(O)c(O)c(C(=O)OCc4cn(CC(=O)NCCCC(=O)O)nn4)c3c2=O)C(=O)Cc2cc(O)c(O)cc21. The molecule has 238 valence electrons. The van der Waals surface area contributed by atoms with Crippen LogP contribution in [0.4, 0.5) is 0 Å². The Morgan fingerprint density at radius 2 is 1.78 bits per heavy atom. The number of hydrogen-bond donors (Lipinski definition) is 6. The summed E-state index contributed by atoms with van der Waals surface area (Å²) >= 11 is 0. The molecule has 2 heterocycles. The van der Waals surface area contributed by atoms with Crippen molar-refractivity contribution in [1.29, 1.82) is 0 Å². The molecule has 16 nitrogen and oxygen atoms in total. The molecular weight excluding hydrogens is 608 g/mol. The van der Waals surface area contributed by atoms with E-state index in [4.69, 9.17) is 14.3 Å². The summed E-state index contributed by atoms with van der Waals surface area (Å²) in [7, 11) is 0. The van der Waals surface area contributed by atoms with Crippen molar-refractivity contribution in [3.05, 3.63) is 68.8 Å². The smallest absolute Gasteiger partial charge is 0.343 e. The number of Topliss-reactive ketones (excluding diaryl/α,β-unsaturated/α-hetero) is 1. The lowest BCUT2D eigenvalue weighted by molar-refractivity contribution is -0.137. The summed E-state index contributed by atoms with van der Waals surface area (Å²) in [4.78, 5) is 62.8. The molecule has 2 aromatic heterocycles. The predicted octanol–water partition coefficient (Wildman–Crippen LogP) is 1.60. The fraction of sp³-hybridized carbons (Fsp3) is 0.233. The highest BCUT2D eigenvalue weighted by Gasteiger charge is 2.31. The highest BCUT2D eigenvalue weighted by atomic mass is 16.5. The zero-order valence-electron chi connectivity index (χ0n) is 24.1. The Labute approximate surface area is 257 Å². The van der Waals surface area contributed by atoms with Crippen LogP contribution in [0.25, 0.3) is 22.1 Å². The van der Waals surface area contributed by atoms with Gasteiger partial charge < -0.3 is 40.0 Å². The number of ether oxygens (including phenoxy) is 1. The first-order valence-corrected chi connectivity index (χ1v) is 13.7. The number of aromatic hydroxyl groups is 4. The predicted molar refractivity (Wildman–Crippen MR) is 156 cm³/mol. The van der Waals surface area contributed by atoms with Crippen molar-refractivity contribution in [3.8, 4) is 23.0 Å². The van der Waals surface area contributed by atoms with Crippen LogP contribution in [0.1, 0.15) is 52.5 Å². The second-order valence-electron chi connectivity index (χ2n) is 10.4. The minimum atomic E-state index is -1.25. The molecule has 0 saturated carbocycles. The standard InChI is InChI=1S/C30H26N4O12/c1-13-16-7-19(36)18(35)5-14(16)6-20(37)25(13)17-12-45-22-8-21(38)29(43)27(26(22)28(17)42)30(44)46-11-15-9-34(33-32-15)10-23(39)31-4-2-3-24(40)41/h5,7-9,12,35-36,38,43H,2-4,6,10-11H2,1H3,(H,31,39)(H,40,41). The summed E-state index contributed by atoms with van der Waals surface area (Å²) in [5.41, 5.74) is -1.03. The number of rotatable bonds is 10. The van der Waals surface area contributed by atoms with Crippen molar-refractivity contribution in [2.75, 3.05) is 6.54 Å². The number of aliphatic carboxylic acids is 1. The average molecular weight is 635 g/mol. The lowest BCUT2D eigenvalue weighted by atomic mass is 9.82. The molecule has 0 fully saturated rings. The second-order valence-corrected chi connectivity index (χ2v) is 10.4. The molecule has 0 spiro atoms. The van der Waals surface area contributed by atoms with E-state index in [1.54, 1.807) is 0 Å². The van der Waals surface area contributed by atoms with Crippen LogP contribution in [0.3, 0.4) is 0 Å². The third-order valence-corrected chi connectivity index (χ3v) is 7.23. The van der Waals surface area contributed by atoms with E-state index in [0.29, 0.717) is 11.1 Å². The zero-order valence-corrected chi connectivity index (χ0v) is 24.1. The number of carboxylic acids is 1. The lowest BCUT2D eigenvalue weighted by Gasteiger charge is -2.21. The van der Waals surface area contributed by atoms with Gasteiger partial charge in [-0.05, 0) is 42.2 Å². The van der Waals surface area contributed by atoms with Gasteiger partial charge in [0.2, 0.25) is 11.3 Å². The summed E-state index contributed by atoms with van der Waals surface area (Å²) in [6.07, 6.45) is 2.22. The van der Waals surface area contributed by atoms with Gasteiger partial charge in [0.05, 0.1) is 17.1 Å². The Kier molecular flexibility index (Phi) is 8.44. The van der Waals surface area contributed by atoms with Crippen molar-refractivity contribution in [1.82, 2.24) is 20.3 Å². The van der Waals surface area contributed by atoms with Crippen LogP contribution in [0, 0.1) is 0 Å². The third kappa shape index (κ3) is 6.08. The monoisotopic (exact) mass is 634 g/mol. The highest BCUT2D eigenvalue weighted by Crippen LogP contribution is 2.40. The number of carbonyl (C=O) groups excluding carboxylic acids is 3. The molecule has 0 unspecified atom stereocenters. The van der Waals surface area contributed by atoms with E-state index in [1.165, 1.54) is 25.3 Å². The van der Waals surface area contributed by atoms with E-state index in [1.807, 2.05) is 0 Å². The summed E-state index contributed by atoms with van der Waals surface area (Å²) in [5, 5.41) is 59.0. The Bertz CT molecular complexity index is 2020. The van der Waals surface area contributed by atoms with E-state index in [0.717, 1.165) is 17.0 Å². The largest absolute Gasteiger partial charge is 0.504 e.